The number of pyridine rings is 1. The summed E-state index contributed by atoms with van der Waals surface area (Å²) in [6, 6.07) is 7.10. The van der Waals surface area contributed by atoms with Crippen LogP contribution in [-0.2, 0) is 11.3 Å². The Morgan fingerprint density at radius 3 is 2.58 bits per heavy atom. The molecule has 0 saturated heterocycles. The van der Waals surface area contributed by atoms with Gasteiger partial charge in [0.1, 0.15) is 5.84 Å². The molecule has 0 fully saturated rings. The summed E-state index contributed by atoms with van der Waals surface area (Å²) in [5.41, 5.74) is 10.1. The lowest BCUT2D eigenvalue weighted by Crippen LogP contribution is -2.34. The number of aromatic nitrogens is 1. The number of aliphatic imine (C=N–C) groups is 1. The van der Waals surface area contributed by atoms with Crippen LogP contribution in [0.4, 0.5) is 11.4 Å². The first-order valence-corrected chi connectivity index (χ1v) is 11.3. The van der Waals surface area contributed by atoms with E-state index < -0.39 is 0 Å². The molecule has 0 spiro atoms. The molecule has 174 valence electrons. The molecular weight excluding hydrogens is 416 g/mol. The van der Waals surface area contributed by atoms with Crippen molar-refractivity contribution in [2.45, 2.75) is 39.7 Å². The molecule has 1 aliphatic heterocycles. The zero-order valence-electron chi connectivity index (χ0n) is 19.5. The summed E-state index contributed by atoms with van der Waals surface area (Å²) in [5, 5.41) is 5.94. The third-order valence-corrected chi connectivity index (χ3v) is 5.24. The Hall–Kier alpha value is -3.52. The molecule has 2 amide bonds. The number of carbonyl (C=O) groups excluding carboxylic acids is 2. The normalized spacial score (nSPS) is 12.8. The van der Waals surface area contributed by atoms with E-state index in [1.54, 1.807) is 30.6 Å². The van der Waals surface area contributed by atoms with E-state index in [4.69, 9.17) is 5.73 Å². The summed E-state index contributed by atoms with van der Waals surface area (Å²) in [5.74, 6) is 0.0693. The van der Waals surface area contributed by atoms with Crippen molar-refractivity contribution in [2.75, 3.05) is 25.5 Å². The van der Waals surface area contributed by atoms with Gasteiger partial charge in [0.15, 0.2) is 0 Å². The van der Waals surface area contributed by atoms with E-state index in [9.17, 15) is 9.59 Å². The predicted octanol–water partition coefficient (Wildman–Crippen LogP) is 3.48. The maximum absolute atomic E-state index is 13.1. The number of nitrogens with zero attached hydrogens (tertiary/aromatic N) is 3. The minimum Gasteiger partial charge on any atom is -0.387 e. The third kappa shape index (κ3) is 6.26. The molecule has 1 aromatic heterocycles. The van der Waals surface area contributed by atoms with Gasteiger partial charge in [-0.25, -0.2) is 4.99 Å². The number of hydrogen-bond donors (Lipinski definition) is 3. The zero-order valence-corrected chi connectivity index (χ0v) is 19.5. The molecule has 0 saturated carbocycles. The number of anilines is 1. The van der Waals surface area contributed by atoms with Gasteiger partial charge in [-0.3, -0.25) is 14.6 Å². The first-order chi connectivity index (χ1) is 15.9. The Labute approximate surface area is 195 Å². The van der Waals surface area contributed by atoms with Gasteiger partial charge in [0, 0.05) is 49.0 Å². The first-order valence-electron chi connectivity index (χ1n) is 11.3. The maximum atomic E-state index is 13.1. The van der Waals surface area contributed by atoms with Crippen LogP contribution in [0.25, 0.3) is 6.08 Å². The van der Waals surface area contributed by atoms with E-state index in [2.05, 4.69) is 34.5 Å². The van der Waals surface area contributed by atoms with Crippen LogP contribution in [0.1, 0.15) is 54.6 Å². The second-order valence-corrected chi connectivity index (χ2v) is 8.08. The van der Waals surface area contributed by atoms with Gasteiger partial charge in [0.05, 0.1) is 17.6 Å². The van der Waals surface area contributed by atoms with Crippen LogP contribution in [0, 0.1) is 0 Å². The molecule has 1 aromatic carbocycles. The quantitative estimate of drug-likeness (QED) is 0.544. The molecule has 2 aromatic rings. The Balaban J connectivity index is 1.84. The van der Waals surface area contributed by atoms with Gasteiger partial charge in [0.2, 0.25) is 5.91 Å². The molecule has 0 atom stereocenters. The highest BCUT2D eigenvalue weighted by Crippen LogP contribution is 2.29. The van der Waals surface area contributed by atoms with Crippen molar-refractivity contribution in [3.63, 3.8) is 0 Å². The smallest absolute Gasteiger partial charge is 0.255 e. The lowest BCUT2D eigenvalue weighted by Gasteiger charge is -2.22. The van der Waals surface area contributed by atoms with E-state index in [1.807, 2.05) is 24.1 Å². The fourth-order valence-electron chi connectivity index (χ4n) is 3.79. The van der Waals surface area contributed by atoms with Gasteiger partial charge in [-0.15, -0.1) is 0 Å². The second-order valence-electron chi connectivity index (χ2n) is 8.08. The van der Waals surface area contributed by atoms with Crippen LogP contribution in [0.15, 0.2) is 47.2 Å². The number of nitrogens with two attached hydrogens (primary N) is 1. The highest BCUT2D eigenvalue weighted by molar-refractivity contribution is 6.07. The highest BCUT2D eigenvalue weighted by Gasteiger charge is 2.21. The van der Waals surface area contributed by atoms with Crippen molar-refractivity contribution < 1.29 is 9.59 Å². The van der Waals surface area contributed by atoms with Crippen LogP contribution in [-0.4, -0.2) is 47.7 Å². The molecule has 1 aliphatic rings. The van der Waals surface area contributed by atoms with Gasteiger partial charge in [0.25, 0.3) is 5.91 Å². The Morgan fingerprint density at radius 1 is 1.12 bits per heavy atom. The SMILES string of the molecule is CCCN(CCC)C(=O)C1=Cc2ccc(C(=O)Nc3cncc(CNC)c3)cc2N=C(N)C1. The summed E-state index contributed by atoms with van der Waals surface area (Å²) in [4.78, 5) is 36.5. The number of amides is 2. The van der Waals surface area contributed by atoms with Crippen molar-refractivity contribution in [1.29, 1.82) is 0 Å². The molecule has 8 heteroatoms. The number of rotatable bonds is 9. The van der Waals surface area contributed by atoms with Crippen LogP contribution in [0.5, 0.6) is 0 Å². The Bertz CT molecular complexity index is 1070. The van der Waals surface area contributed by atoms with Crippen LogP contribution in [0.2, 0.25) is 0 Å². The molecule has 2 heterocycles. The number of fused-ring (bicyclic) bond motifs is 1. The van der Waals surface area contributed by atoms with E-state index in [0.717, 1.165) is 24.0 Å². The van der Waals surface area contributed by atoms with E-state index in [-0.39, 0.29) is 18.2 Å². The number of hydrogen-bond acceptors (Lipinski definition) is 6. The molecule has 8 nitrogen and oxygen atoms in total. The standard InChI is InChI=1S/C25H32N6O2/c1-4-8-31(9-5-2)25(33)20-11-18-6-7-19(12-22(18)30-23(26)13-20)24(32)29-21-10-17(14-27-3)15-28-16-21/h6-7,10-12,15-16,27H,4-5,8-9,13-14H2,1-3H3,(H2,26,30)(H,29,32). The van der Waals surface area contributed by atoms with E-state index >= 15 is 0 Å². The average molecular weight is 449 g/mol. The van der Waals surface area contributed by atoms with Gasteiger partial charge < -0.3 is 21.3 Å². The van der Waals surface area contributed by atoms with Gasteiger partial charge in [-0.1, -0.05) is 19.9 Å². The maximum Gasteiger partial charge on any atom is 0.255 e. The summed E-state index contributed by atoms with van der Waals surface area (Å²) in [6.07, 6.45) is 7.26. The van der Waals surface area contributed by atoms with Crippen LogP contribution in [0.3, 0.4) is 0 Å². The van der Waals surface area contributed by atoms with E-state index in [0.29, 0.717) is 48.0 Å². The lowest BCUT2D eigenvalue weighted by molar-refractivity contribution is -0.127. The number of benzene rings is 1. The molecule has 0 aliphatic carbocycles. The van der Waals surface area contributed by atoms with Crippen molar-refractivity contribution in [2.24, 2.45) is 10.7 Å². The summed E-state index contributed by atoms with van der Waals surface area (Å²) >= 11 is 0. The minimum absolute atomic E-state index is 0.0135. The summed E-state index contributed by atoms with van der Waals surface area (Å²) in [6.45, 7) is 6.18. The monoisotopic (exact) mass is 448 g/mol. The number of carbonyl (C=O) groups is 2. The van der Waals surface area contributed by atoms with Gasteiger partial charge >= 0.3 is 0 Å². The Kier molecular flexibility index (Phi) is 8.32. The molecule has 0 bridgehead atoms. The fraction of sp³-hybridized carbons (Fsp3) is 0.360. The van der Waals surface area contributed by atoms with Crippen molar-refractivity contribution in [3.8, 4) is 0 Å². The summed E-state index contributed by atoms with van der Waals surface area (Å²) < 4.78 is 0. The first kappa shape index (κ1) is 24.1. The number of amidine groups is 1. The van der Waals surface area contributed by atoms with Gasteiger partial charge in [-0.2, -0.15) is 0 Å². The molecule has 0 unspecified atom stereocenters. The molecule has 0 radical (unpaired) electrons. The highest BCUT2D eigenvalue weighted by atomic mass is 16.2. The van der Waals surface area contributed by atoms with Gasteiger partial charge in [-0.05, 0) is 49.7 Å². The topological polar surface area (TPSA) is 113 Å². The molecule has 3 rings (SSSR count). The minimum atomic E-state index is -0.267. The average Bonchev–Trinajstić information content (AvgIpc) is 2.96. The molecular formula is C25H32N6O2. The fourth-order valence-corrected chi connectivity index (χ4v) is 3.79. The van der Waals surface area contributed by atoms with Crippen molar-refractivity contribution >= 4 is 35.1 Å². The third-order valence-electron chi connectivity index (χ3n) is 5.24. The van der Waals surface area contributed by atoms with E-state index in [1.165, 1.54) is 0 Å². The Morgan fingerprint density at radius 2 is 1.88 bits per heavy atom. The lowest BCUT2D eigenvalue weighted by atomic mass is 10.0. The van der Waals surface area contributed by atoms with Crippen LogP contribution >= 0.6 is 0 Å². The zero-order chi connectivity index (χ0) is 23.8. The predicted molar refractivity (Wildman–Crippen MR) is 132 cm³/mol. The van der Waals surface area contributed by atoms with Crippen molar-refractivity contribution in [1.82, 2.24) is 15.2 Å². The molecule has 33 heavy (non-hydrogen) atoms. The largest absolute Gasteiger partial charge is 0.387 e. The summed E-state index contributed by atoms with van der Waals surface area (Å²) in [7, 11) is 1.85. The van der Waals surface area contributed by atoms with Crippen molar-refractivity contribution in [3.05, 3.63) is 58.9 Å². The molecule has 4 N–H and O–H groups in total. The van der Waals surface area contributed by atoms with Crippen LogP contribution < -0.4 is 16.4 Å². The number of nitrogens with one attached hydrogen (secondary N) is 2. The second kappa shape index (κ2) is 11.4.